The van der Waals surface area contributed by atoms with Gasteiger partial charge in [-0.3, -0.25) is 4.79 Å². The maximum atomic E-state index is 13.1. The summed E-state index contributed by atoms with van der Waals surface area (Å²) < 4.78 is 6.11. The summed E-state index contributed by atoms with van der Waals surface area (Å²) in [4.78, 5) is 15.0. The lowest BCUT2D eigenvalue weighted by Gasteiger charge is -2.31. The Morgan fingerprint density at radius 2 is 2.00 bits per heavy atom. The van der Waals surface area contributed by atoms with Gasteiger partial charge in [0.15, 0.2) is 4.34 Å². The van der Waals surface area contributed by atoms with Crippen molar-refractivity contribution in [2.45, 2.75) is 29.4 Å². The van der Waals surface area contributed by atoms with E-state index < -0.39 is 0 Å². The van der Waals surface area contributed by atoms with Crippen molar-refractivity contribution >= 4 is 45.5 Å². The van der Waals surface area contributed by atoms with Gasteiger partial charge in [0, 0.05) is 12.2 Å². The molecule has 1 atom stereocenters. The number of methoxy groups -OCH3 is 1. The first-order valence-corrected chi connectivity index (χ1v) is 11.1. The van der Waals surface area contributed by atoms with E-state index in [1.54, 1.807) is 7.11 Å². The fourth-order valence-electron chi connectivity index (χ4n) is 3.35. The number of nitrogens with one attached hydrogen (secondary N) is 1. The molecule has 150 valence electrons. The summed E-state index contributed by atoms with van der Waals surface area (Å²) in [6, 6.07) is 15.8. The number of aromatic nitrogens is 2. The second-order valence-electron chi connectivity index (χ2n) is 6.68. The lowest BCUT2D eigenvalue weighted by molar-refractivity contribution is -0.117. The number of benzene rings is 2. The zero-order chi connectivity index (χ0) is 20.2. The topological polar surface area (TPSA) is 67.3 Å². The molecule has 1 aromatic heterocycles. The van der Waals surface area contributed by atoms with Gasteiger partial charge in [0.1, 0.15) is 5.75 Å². The number of fused-ring (bicyclic) bond motifs is 1. The van der Waals surface area contributed by atoms with Crippen LogP contribution in [0.2, 0.25) is 0 Å². The van der Waals surface area contributed by atoms with Crippen molar-refractivity contribution in [1.82, 2.24) is 10.2 Å². The summed E-state index contributed by atoms with van der Waals surface area (Å²) in [6.45, 7) is 2.69. The van der Waals surface area contributed by atoms with Crippen LogP contribution in [0.5, 0.6) is 5.75 Å². The minimum absolute atomic E-state index is 0.108. The Kier molecular flexibility index (Phi) is 6.01. The first kappa shape index (κ1) is 19.7. The Morgan fingerprint density at radius 3 is 2.86 bits per heavy atom. The van der Waals surface area contributed by atoms with Crippen LogP contribution in [0.3, 0.4) is 0 Å². The molecule has 8 heteroatoms. The van der Waals surface area contributed by atoms with E-state index in [-0.39, 0.29) is 11.2 Å². The Morgan fingerprint density at radius 1 is 1.21 bits per heavy atom. The number of ether oxygens (including phenoxy) is 1. The smallest absolute Gasteiger partial charge is 0.240 e. The fraction of sp³-hybridized carbons (Fsp3) is 0.286. The van der Waals surface area contributed by atoms with Crippen molar-refractivity contribution in [1.29, 1.82) is 0 Å². The summed E-state index contributed by atoms with van der Waals surface area (Å²) in [6.07, 6.45) is 2.02. The zero-order valence-corrected chi connectivity index (χ0v) is 17.9. The van der Waals surface area contributed by atoms with E-state index >= 15 is 0 Å². The number of amides is 1. The minimum atomic E-state index is -0.242. The van der Waals surface area contributed by atoms with Crippen molar-refractivity contribution in [2.24, 2.45) is 0 Å². The van der Waals surface area contributed by atoms with Gasteiger partial charge < -0.3 is 15.0 Å². The Hall–Kier alpha value is -2.58. The van der Waals surface area contributed by atoms with Gasteiger partial charge in [-0.25, -0.2) is 0 Å². The number of rotatable bonds is 6. The second kappa shape index (κ2) is 8.84. The highest BCUT2D eigenvalue weighted by atomic mass is 32.2. The molecule has 2 aromatic carbocycles. The van der Waals surface area contributed by atoms with E-state index in [0.717, 1.165) is 40.9 Å². The molecule has 1 amide bonds. The molecule has 0 aliphatic carbocycles. The summed E-state index contributed by atoms with van der Waals surface area (Å²) >= 11 is 2.87. The molecule has 1 aliphatic rings. The quantitative estimate of drug-likeness (QED) is 0.574. The van der Waals surface area contributed by atoms with Gasteiger partial charge in [-0.05, 0) is 43.5 Å². The fourth-order valence-corrected chi connectivity index (χ4v) is 5.33. The number of carbonyl (C=O) groups is 1. The molecule has 0 saturated carbocycles. The summed E-state index contributed by atoms with van der Waals surface area (Å²) in [7, 11) is 1.63. The standard InChI is InChI=1S/C21H22N4O2S2/c1-14(19(26)25-13-7-9-15-8-3-5-11-17(15)25)28-21-24-23-20(29-21)22-16-10-4-6-12-18(16)27-2/h3-6,8,10-12,14H,7,9,13H2,1-2H3,(H,22,23). The largest absolute Gasteiger partial charge is 0.495 e. The minimum Gasteiger partial charge on any atom is -0.495 e. The molecular weight excluding hydrogens is 404 g/mol. The van der Waals surface area contributed by atoms with Crippen molar-refractivity contribution in [2.75, 3.05) is 23.9 Å². The number of thioether (sulfide) groups is 1. The first-order chi connectivity index (χ1) is 14.2. The van der Waals surface area contributed by atoms with Crippen LogP contribution in [0.1, 0.15) is 18.9 Å². The molecule has 1 unspecified atom stereocenters. The predicted molar refractivity (Wildman–Crippen MR) is 119 cm³/mol. The monoisotopic (exact) mass is 426 g/mol. The van der Waals surface area contributed by atoms with Crippen LogP contribution >= 0.6 is 23.1 Å². The van der Waals surface area contributed by atoms with Crippen molar-refractivity contribution in [3.8, 4) is 5.75 Å². The van der Waals surface area contributed by atoms with Crippen LogP contribution in [-0.4, -0.2) is 35.0 Å². The van der Waals surface area contributed by atoms with Crippen molar-refractivity contribution < 1.29 is 9.53 Å². The number of nitrogens with zero attached hydrogens (tertiary/aromatic N) is 3. The summed E-state index contributed by atoms with van der Waals surface area (Å²) in [5, 5.41) is 12.1. The van der Waals surface area contributed by atoms with Gasteiger partial charge in [-0.1, -0.05) is 53.4 Å². The van der Waals surface area contributed by atoms with E-state index in [0.29, 0.717) is 5.13 Å². The highest BCUT2D eigenvalue weighted by molar-refractivity contribution is 8.02. The van der Waals surface area contributed by atoms with Crippen LogP contribution in [0, 0.1) is 0 Å². The van der Waals surface area contributed by atoms with Gasteiger partial charge in [0.2, 0.25) is 11.0 Å². The average Bonchev–Trinajstić information content (AvgIpc) is 3.19. The van der Waals surface area contributed by atoms with E-state index in [1.165, 1.54) is 28.7 Å². The van der Waals surface area contributed by atoms with Gasteiger partial charge in [0.25, 0.3) is 0 Å². The first-order valence-electron chi connectivity index (χ1n) is 9.45. The van der Waals surface area contributed by atoms with Crippen molar-refractivity contribution in [3.05, 3.63) is 54.1 Å². The van der Waals surface area contributed by atoms with Gasteiger partial charge in [-0.2, -0.15) is 0 Å². The van der Waals surface area contributed by atoms with E-state index in [9.17, 15) is 4.79 Å². The molecule has 1 N–H and O–H groups in total. The van der Waals surface area contributed by atoms with Crippen LogP contribution in [0.4, 0.5) is 16.5 Å². The third-order valence-corrected chi connectivity index (χ3v) is 6.77. The lowest BCUT2D eigenvalue weighted by atomic mass is 10.0. The highest BCUT2D eigenvalue weighted by Gasteiger charge is 2.27. The summed E-state index contributed by atoms with van der Waals surface area (Å²) in [5.41, 5.74) is 3.10. The predicted octanol–water partition coefficient (Wildman–Crippen LogP) is 4.75. The third-order valence-electron chi connectivity index (χ3n) is 4.76. The Labute approximate surface area is 178 Å². The lowest BCUT2D eigenvalue weighted by Crippen LogP contribution is -2.40. The van der Waals surface area contributed by atoms with Gasteiger partial charge in [-0.15, -0.1) is 10.2 Å². The molecular formula is C21H22N4O2S2. The number of para-hydroxylation sites is 3. The normalized spacial score (nSPS) is 14.2. The maximum Gasteiger partial charge on any atom is 0.240 e. The molecule has 0 radical (unpaired) electrons. The molecule has 1 aliphatic heterocycles. The highest BCUT2D eigenvalue weighted by Crippen LogP contribution is 2.35. The third kappa shape index (κ3) is 4.38. The van der Waals surface area contributed by atoms with Gasteiger partial charge in [0.05, 0.1) is 18.0 Å². The Bertz CT molecular complexity index is 1010. The van der Waals surface area contributed by atoms with E-state index in [1.807, 2.05) is 54.3 Å². The van der Waals surface area contributed by atoms with Crippen LogP contribution in [0.25, 0.3) is 0 Å². The molecule has 0 spiro atoms. The van der Waals surface area contributed by atoms with Crippen molar-refractivity contribution in [3.63, 3.8) is 0 Å². The maximum absolute atomic E-state index is 13.1. The zero-order valence-electron chi connectivity index (χ0n) is 16.3. The molecule has 3 aromatic rings. The number of hydrogen-bond donors (Lipinski definition) is 1. The van der Waals surface area contributed by atoms with Crippen LogP contribution < -0.4 is 15.0 Å². The SMILES string of the molecule is COc1ccccc1Nc1nnc(SC(C)C(=O)N2CCCc3ccccc32)s1. The molecule has 2 heterocycles. The van der Waals surface area contributed by atoms with Crippen LogP contribution in [-0.2, 0) is 11.2 Å². The Balaban J connectivity index is 1.43. The van der Waals surface area contributed by atoms with Gasteiger partial charge >= 0.3 is 0 Å². The number of hydrogen-bond acceptors (Lipinski definition) is 7. The number of aryl methyl sites for hydroxylation is 1. The molecule has 29 heavy (non-hydrogen) atoms. The molecule has 4 rings (SSSR count). The molecule has 0 fully saturated rings. The number of carbonyl (C=O) groups excluding carboxylic acids is 1. The molecule has 0 bridgehead atoms. The van der Waals surface area contributed by atoms with Crippen LogP contribution in [0.15, 0.2) is 52.9 Å². The van der Waals surface area contributed by atoms with E-state index in [4.69, 9.17) is 4.74 Å². The average molecular weight is 427 g/mol. The second-order valence-corrected chi connectivity index (χ2v) is 9.25. The number of anilines is 3. The summed E-state index contributed by atoms with van der Waals surface area (Å²) in [5.74, 6) is 0.848. The molecule has 6 nitrogen and oxygen atoms in total. The van der Waals surface area contributed by atoms with E-state index in [2.05, 4.69) is 21.6 Å². The molecule has 0 saturated heterocycles.